The van der Waals surface area contributed by atoms with Crippen molar-refractivity contribution in [3.8, 4) is 6.07 Å². The van der Waals surface area contributed by atoms with Crippen LogP contribution in [0.3, 0.4) is 0 Å². The van der Waals surface area contributed by atoms with Crippen molar-refractivity contribution < 1.29 is 4.79 Å². The van der Waals surface area contributed by atoms with E-state index in [0.717, 1.165) is 6.54 Å². The smallest absolute Gasteiger partial charge is 0.222 e. The van der Waals surface area contributed by atoms with Gasteiger partial charge in [0.25, 0.3) is 0 Å². The highest BCUT2D eigenvalue weighted by Crippen LogP contribution is 2.32. The first kappa shape index (κ1) is 12.0. The largest absolute Gasteiger partial charge is 0.341 e. The molecule has 0 spiro atoms. The second-order valence-corrected chi connectivity index (χ2v) is 4.79. The van der Waals surface area contributed by atoms with Gasteiger partial charge < -0.3 is 4.90 Å². The Kier molecular flexibility index (Phi) is 4.61. The zero-order valence-electron chi connectivity index (χ0n) is 9.70. The molecule has 1 aliphatic carbocycles. The van der Waals surface area contributed by atoms with Crippen molar-refractivity contribution in [2.45, 2.75) is 39.5 Å². The van der Waals surface area contributed by atoms with Gasteiger partial charge in [0.1, 0.15) is 0 Å². The SMILES string of the molecule is CC(C)CN(CCC#N)C(=O)CC1CC1. The molecule has 0 bridgehead atoms. The Bertz CT molecular complexity index is 251. The third-order valence-electron chi connectivity index (χ3n) is 2.59. The van der Waals surface area contributed by atoms with Gasteiger partial charge in [0.05, 0.1) is 12.5 Å². The zero-order valence-corrected chi connectivity index (χ0v) is 9.70. The lowest BCUT2D eigenvalue weighted by atomic mass is 10.1. The fraction of sp³-hybridized carbons (Fsp3) is 0.833. The Morgan fingerprint density at radius 1 is 1.53 bits per heavy atom. The molecule has 15 heavy (non-hydrogen) atoms. The fourth-order valence-electron chi connectivity index (χ4n) is 1.64. The molecule has 0 aromatic carbocycles. The molecule has 3 nitrogen and oxygen atoms in total. The summed E-state index contributed by atoms with van der Waals surface area (Å²) >= 11 is 0. The molecule has 0 aromatic heterocycles. The number of amides is 1. The Morgan fingerprint density at radius 2 is 2.20 bits per heavy atom. The van der Waals surface area contributed by atoms with Gasteiger partial charge >= 0.3 is 0 Å². The average molecular weight is 208 g/mol. The highest BCUT2D eigenvalue weighted by atomic mass is 16.2. The fourth-order valence-corrected chi connectivity index (χ4v) is 1.64. The topological polar surface area (TPSA) is 44.1 Å². The maximum Gasteiger partial charge on any atom is 0.222 e. The molecule has 1 amide bonds. The van der Waals surface area contributed by atoms with Gasteiger partial charge in [-0.1, -0.05) is 13.8 Å². The van der Waals surface area contributed by atoms with Crippen molar-refractivity contribution in [2.75, 3.05) is 13.1 Å². The lowest BCUT2D eigenvalue weighted by molar-refractivity contribution is -0.132. The van der Waals surface area contributed by atoms with E-state index in [1.807, 2.05) is 4.90 Å². The quantitative estimate of drug-likeness (QED) is 0.671. The van der Waals surface area contributed by atoms with Crippen LogP contribution in [-0.2, 0) is 4.79 Å². The zero-order chi connectivity index (χ0) is 11.3. The third kappa shape index (κ3) is 4.83. The number of rotatable bonds is 6. The van der Waals surface area contributed by atoms with Crippen molar-refractivity contribution in [1.82, 2.24) is 4.90 Å². The molecule has 0 aromatic rings. The third-order valence-corrected chi connectivity index (χ3v) is 2.59. The van der Waals surface area contributed by atoms with Crippen LogP contribution in [0.4, 0.5) is 0 Å². The molecular weight excluding hydrogens is 188 g/mol. The maximum atomic E-state index is 11.9. The number of hydrogen-bond acceptors (Lipinski definition) is 2. The van der Waals surface area contributed by atoms with E-state index in [-0.39, 0.29) is 5.91 Å². The van der Waals surface area contributed by atoms with Crippen LogP contribution in [0.1, 0.15) is 39.5 Å². The molecule has 0 aliphatic heterocycles. The highest BCUT2D eigenvalue weighted by Gasteiger charge is 2.26. The molecule has 3 heteroatoms. The van der Waals surface area contributed by atoms with E-state index in [1.165, 1.54) is 12.8 Å². The summed E-state index contributed by atoms with van der Waals surface area (Å²) < 4.78 is 0. The summed E-state index contributed by atoms with van der Waals surface area (Å²) in [4.78, 5) is 13.7. The lowest BCUT2D eigenvalue weighted by Crippen LogP contribution is -2.35. The second-order valence-electron chi connectivity index (χ2n) is 4.79. The minimum absolute atomic E-state index is 0.237. The molecule has 1 rings (SSSR count). The first-order valence-electron chi connectivity index (χ1n) is 5.78. The predicted molar refractivity (Wildman–Crippen MR) is 59.0 cm³/mol. The molecule has 84 valence electrons. The molecule has 0 N–H and O–H groups in total. The summed E-state index contributed by atoms with van der Waals surface area (Å²) in [6, 6.07) is 2.10. The van der Waals surface area contributed by atoms with Gasteiger partial charge in [-0.25, -0.2) is 0 Å². The number of nitrogens with zero attached hydrogens (tertiary/aromatic N) is 2. The van der Waals surface area contributed by atoms with Gasteiger partial charge in [-0.05, 0) is 24.7 Å². The van der Waals surface area contributed by atoms with Gasteiger partial charge in [-0.2, -0.15) is 5.26 Å². The molecule has 0 saturated heterocycles. The van der Waals surface area contributed by atoms with E-state index >= 15 is 0 Å². The Morgan fingerprint density at radius 3 is 2.67 bits per heavy atom. The number of carbonyl (C=O) groups is 1. The van der Waals surface area contributed by atoms with Crippen molar-refractivity contribution in [2.24, 2.45) is 11.8 Å². The van der Waals surface area contributed by atoms with E-state index in [1.54, 1.807) is 0 Å². The molecule has 1 aliphatic rings. The first-order chi connectivity index (χ1) is 7.13. The highest BCUT2D eigenvalue weighted by molar-refractivity contribution is 5.76. The van der Waals surface area contributed by atoms with E-state index in [2.05, 4.69) is 19.9 Å². The van der Waals surface area contributed by atoms with E-state index < -0.39 is 0 Å². The summed E-state index contributed by atoms with van der Waals surface area (Å²) in [6.45, 7) is 5.58. The van der Waals surface area contributed by atoms with Gasteiger partial charge in [0.15, 0.2) is 0 Å². The standard InChI is InChI=1S/C12H20N2O/c1-10(2)9-14(7-3-6-13)12(15)8-11-4-5-11/h10-11H,3-5,7-9H2,1-2H3. The average Bonchev–Trinajstić information content (AvgIpc) is 2.95. The van der Waals surface area contributed by atoms with Crippen molar-refractivity contribution in [3.63, 3.8) is 0 Å². The van der Waals surface area contributed by atoms with Crippen molar-refractivity contribution in [1.29, 1.82) is 5.26 Å². The van der Waals surface area contributed by atoms with Crippen LogP contribution in [0.2, 0.25) is 0 Å². The van der Waals surface area contributed by atoms with Crippen molar-refractivity contribution >= 4 is 5.91 Å². The minimum atomic E-state index is 0.237. The molecule has 1 fully saturated rings. The molecule has 0 atom stereocenters. The van der Waals surface area contributed by atoms with Crippen LogP contribution < -0.4 is 0 Å². The molecule has 0 heterocycles. The molecule has 1 saturated carbocycles. The number of carbonyl (C=O) groups excluding carboxylic acids is 1. The van der Waals surface area contributed by atoms with Crippen LogP contribution in [0, 0.1) is 23.2 Å². The lowest BCUT2D eigenvalue weighted by Gasteiger charge is -2.23. The molecular formula is C12H20N2O. The van der Waals surface area contributed by atoms with Crippen LogP contribution in [0.15, 0.2) is 0 Å². The minimum Gasteiger partial charge on any atom is -0.341 e. The molecule has 0 radical (unpaired) electrons. The first-order valence-corrected chi connectivity index (χ1v) is 5.78. The van der Waals surface area contributed by atoms with Gasteiger partial charge in [0, 0.05) is 19.5 Å². The molecule has 0 unspecified atom stereocenters. The summed E-state index contributed by atoms with van der Waals surface area (Å²) in [6.07, 6.45) is 3.56. The second kappa shape index (κ2) is 5.75. The summed E-state index contributed by atoms with van der Waals surface area (Å²) in [7, 11) is 0. The summed E-state index contributed by atoms with van der Waals surface area (Å²) in [5.41, 5.74) is 0. The van der Waals surface area contributed by atoms with E-state index in [9.17, 15) is 4.79 Å². The normalized spacial score (nSPS) is 15.1. The van der Waals surface area contributed by atoms with E-state index in [0.29, 0.717) is 31.2 Å². The predicted octanol–water partition coefficient (Wildman–Crippen LogP) is 2.18. The Balaban J connectivity index is 2.37. The van der Waals surface area contributed by atoms with E-state index in [4.69, 9.17) is 5.26 Å². The Labute approximate surface area is 92.1 Å². The summed E-state index contributed by atoms with van der Waals surface area (Å²) in [5, 5.41) is 8.54. The van der Waals surface area contributed by atoms with Crippen LogP contribution in [0.5, 0.6) is 0 Å². The Hall–Kier alpha value is -1.04. The maximum absolute atomic E-state index is 11.9. The van der Waals surface area contributed by atoms with Gasteiger partial charge in [0.2, 0.25) is 5.91 Å². The monoisotopic (exact) mass is 208 g/mol. The van der Waals surface area contributed by atoms with Gasteiger partial charge in [-0.3, -0.25) is 4.79 Å². The van der Waals surface area contributed by atoms with Gasteiger partial charge in [-0.15, -0.1) is 0 Å². The van der Waals surface area contributed by atoms with Crippen LogP contribution >= 0.6 is 0 Å². The number of nitriles is 1. The number of hydrogen-bond donors (Lipinski definition) is 0. The summed E-state index contributed by atoms with van der Waals surface area (Å²) in [5.74, 6) is 1.35. The van der Waals surface area contributed by atoms with Crippen LogP contribution in [0.25, 0.3) is 0 Å². The van der Waals surface area contributed by atoms with Crippen molar-refractivity contribution in [3.05, 3.63) is 0 Å². The van der Waals surface area contributed by atoms with Crippen LogP contribution in [-0.4, -0.2) is 23.9 Å².